The van der Waals surface area contributed by atoms with Gasteiger partial charge < -0.3 is 39.0 Å². The van der Waals surface area contributed by atoms with E-state index in [2.05, 4.69) is 27.5 Å². The Hall–Kier alpha value is -3.06. The fourth-order valence-corrected chi connectivity index (χ4v) is 9.66. The average molecular weight is 820 g/mol. The lowest BCUT2D eigenvalue weighted by Crippen LogP contribution is -2.61. The molecular formula is C40H65N7O9S. The normalized spacial score (nSPS) is 37.4. The molecule has 0 bridgehead atoms. The number of rotatable bonds is 11. The van der Waals surface area contributed by atoms with E-state index in [0.29, 0.717) is 45.3 Å². The second-order valence-corrected chi connectivity index (χ2v) is 17.9. The topological polar surface area (TPSA) is 180 Å². The van der Waals surface area contributed by atoms with E-state index in [1.807, 2.05) is 65.2 Å². The number of cyclic esters (lactones) is 1. The first-order valence-electron chi connectivity index (χ1n) is 20.4. The Labute approximate surface area is 341 Å². The number of aliphatic hydroxyl groups is 1. The van der Waals surface area contributed by atoms with Gasteiger partial charge in [0.25, 0.3) is 0 Å². The zero-order valence-corrected chi connectivity index (χ0v) is 36.4. The number of amides is 1. The molecule has 17 heteroatoms. The Morgan fingerprint density at radius 3 is 2.47 bits per heavy atom. The quantitative estimate of drug-likeness (QED) is 0.188. The maximum Gasteiger partial charge on any atom is 0.410 e. The van der Waals surface area contributed by atoms with E-state index in [1.54, 1.807) is 29.8 Å². The minimum atomic E-state index is -1.22. The van der Waals surface area contributed by atoms with E-state index in [0.717, 1.165) is 17.1 Å². The molecule has 5 rings (SSSR count). The van der Waals surface area contributed by atoms with Crippen molar-refractivity contribution in [1.82, 2.24) is 35.1 Å². The number of thiazole rings is 1. The molecule has 3 saturated heterocycles. The number of Topliss-reactive ketones (excluding diaryl/α,β-unsaturated/α-hetero) is 1. The number of ketones is 1. The molecular weight excluding hydrogens is 755 g/mol. The molecule has 2 N–H and O–H groups in total. The molecule has 16 nitrogen and oxygen atoms in total. The highest BCUT2D eigenvalue weighted by Crippen LogP contribution is 2.40. The van der Waals surface area contributed by atoms with Crippen LogP contribution in [-0.4, -0.2) is 147 Å². The Balaban J connectivity index is 1.39. The number of carbonyl (C=O) groups is 3. The first kappa shape index (κ1) is 45.0. The van der Waals surface area contributed by atoms with Crippen LogP contribution < -0.4 is 5.32 Å². The molecule has 0 radical (unpaired) electrons. The summed E-state index contributed by atoms with van der Waals surface area (Å²) in [5.41, 5.74) is -1.54. The van der Waals surface area contributed by atoms with E-state index in [4.69, 9.17) is 23.7 Å². The van der Waals surface area contributed by atoms with E-state index in [1.165, 1.54) is 18.3 Å². The maximum atomic E-state index is 14.4. The molecule has 3 aliphatic heterocycles. The van der Waals surface area contributed by atoms with Crippen molar-refractivity contribution in [3.63, 3.8) is 0 Å². The van der Waals surface area contributed by atoms with E-state index < -0.39 is 71.5 Å². The SMILES string of the molecule is CC[C@H]1OC(=O)[C@H](C)C(=O)[C@H](C)[C@@H](O[C@@H]2OC(C)CC(N(C)C)C2O)[C@](C)(OC)C[C@@H](C)CN[C@H](C)[C@H]2N(CCCCn3cc(-c4nccs4)nn3)C(=O)O[C@]12C. The first-order valence-corrected chi connectivity index (χ1v) is 21.3. The predicted molar refractivity (Wildman–Crippen MR) is 213 cm³/mol. The average Bonchev–Trinajstić information content (AvgIpc) is 3.93. The van der Waals surface area contributed by atoms with Crippen LogP contribution in [0.1, 0.15) is 87.5 Å². The van der Waals surface area contributed by atoms with Crippen LogP contribution in [0.4, 0.5) is 4.79 Å². The highest BCUT2D eigenvalue weighted by molar-refractivity contribution is 7.13. The van der Waals surface area contributed by atoms with Crippen LogP contribution in [0.25, 0.3) is 10.7 Å². The van der Waals surface area contributed by atoms with Gasteiger partial charge in [-0.1, -0.05) is 26.0 Å². The van der Waals surface area contributed by atoms with Gasteiger partial charge in [-0.3, -0.25) is 19.2 Å². The summed E-state index contributed by atoms with van der Waals surface area (Å²) in [6.07, 6.45) is 1.99. The number of fused-ring (bicyclic) bond motifs is 1. The second-order valence-electron chi connectivity index (χ2n) is 17.0. The van der Waals surface area contributed by atoms with Crippen molar-refractivity contribution in [2.45, 2.75) is 154 Å². The van der Waals surface area contributed by atoms with Gasteiger partial charge in [-0.05, 0) is 93.3 Å². The van der Waals surface area contributed by atoms with Gasteiger partial charge in [0.05, 0.1) is 30.0 Å². The van der Waals surface area contributed by atoms with Crippen molar-refractivity contribution in [3.8, 4) is 10.7 Å². The maximum absolute atomic E-state index is 14.4. The number of methoxy groups -OCH3 is 1. The number of carbonyl (C=O) groups excluding carboxylic acids is 3. The molecule has 0 aliphatic carbocycles. The summed E-state index contributed by atoms with van der Waals surface area (Å²) in [7, 11) is 5.39. The van der Waals surface area contributed by atoms with Crippen LogP contribution in [0.15, 0.2) is 17.8 Å². The molecule has 3 unspecified atom stereocenters. The van der Waals surface area contributed by atoms with E-state index in [-0.39, 0.29) is 24.1 Å². The van der Waals surface area contributed by atoms with E-state index >= 15 is 0 Å². The molecule has 2 aromatic rings. The highest BCUT2D eigenvalue weighted by atomic mass is 32.1. The number of ether oxygens (including phenoxy) is 5. The van der Waals surface area contributed by atoms with Gasteiger partial charge in [-0.2, -0.15) is 0 Å². The third-order valence-electron chi connectivity index (χ3n) is 12.3. The van der Waals surface area contributed by atoms with Gasteiger partial charge in [-0.25, -0.2) is 9.78 Å². The lowest BCUT2D eigenvalue weighted by atomic mass is 9.78. The van der Waals surface area contributed by atoms with Crippen LogP contribution in [0, 0.1) is 17.8 Å². The lowest BCUT2D eigenvalue weighted by Gasteiger charge is -2.46. The Morgan fingerprint density at radius 2 is 1.82 bits per heavy atom. The molecule has 13 atom stereocenters. The van der Waals surface area contributed by atoms with E-state index in [9.17, 15) is 19.5 Å². The minimum absolute atomic E-state index is 0.00599. The Morgan fingerprint density at radius 1 is 1.11 bits per heavy atom. The molecule has 3 fully saturated rings. The van der Waals surface area contributed by atoms with Crippen LogP contribution in [0.2, 0.25) is 0 Å². The number of nitrogens with one attached hydrogen (secondary N) is 1. The van der Waals surface area contributed by atoms with Gasteiger partial charge in [0.1, 0.15) is 28.8 Å². The number of likely N-dealkylation sites (N-methyl/N-ethyl adjacent to an activating group) is 1. The number of hydrogen-bond acceptors (Lipinski definition) is 15. The van der Waals surface area contributed by atoms with Crippen LogP contribution in [0.5, 0.6) is 0 Å². The number of hydrogen-bond donors (Lipinski definition) is 2. The zero-order chi connectivity index (χ0) is 41.8. The molecule has 2 aromatic heterocycles. The third-order valence-corrected chi connectivity index (χ3v) is 13.1. The monoisotopic (exact) mass is 819 g/mol. The molecule has 1 amide bonds. The summed E-state index contributed by atoms with van der Waals surface area (Å²) in [5, 5.41) is 26.3. The third kappa shape index (κ3) is 9.88. The summed E-state index contributed by atoms with van der Waals surface area (Å²) >= 11 is 1.50. The van der Waals surface area contributed by atoms with Gasteiger partial charge in [0.2, 0.25) is 0 Å². The standard InChI is InChI=1S/C40H65N7O9S/c1-12-30-40(8)33(47(38(51)56-40)17-14-13-16-46-22-28(43-44-46)35-41-15-18-57-35)27(6)42-21-23(2)20-39(7,52-11)34(25(4)31(48)26(5)36(50)54-30)55-37-32(49)29(45(9)10)19-24(3)53-37/h15,18,22-27,29-30,32-34,37,42,49H,12-14,16-17,19-21H2,1-11H3/t23-,24?,25+,26-,27-,29?,30-,32?,33-,34-,37+,39-,40-/m1/s1. The molecule has 320 valence electrons. The number of nitrogens with zero attached hydrogens (tertiary/aromatic N) is 6. The predicted octanol–water partition coefficient (Wildman–Crippen LogP) is 4.16. The molecule has 5 heterocycles. The summed E-state index contributed by atoms with van der Waals surface area (Å²) in [4.78, 5) is 50.1. The molecule has 3 aliphatic rings. The van der Waals surface area contributed by atoms with Crippen molar-refractivity contribution in [2.24, 2.45) is 17.8 Å². The number of unbranched alkanes of at least 4 members (excludes halogenated alkanes) is 1. The summed E-state index contributed by atoms with van der Waals surface area (Å²) in [5.74, 6) is -3.14. The molecule has 0 spiro atoms. The van der Waals surface area contributed by atoms with Crippen molar-refractivity contribution in [3.05, 3.63) is 17.8 Å². The fourth-order valence-electron chi connectivity index (χ4n) is 9.07. The molecule has 0 aromatic carbocycles. The number of esters is 1. The fraction of sp³-hybridized carbons (Fsp3) is 0.800. The highest BCUT2D eigenvalue weighted by Gasteiger charge is 2.58. The molecule has 57 heavy (non-hydrogen) atoms. The number of aromatic nitrogens is 4. The van der Waals surface area contributed by atoms with Gasteiger partial charge in [-0.15, -0.1) is 16.4 Å². The summed E-state index contributed by atoms with van der Waals surface area (Å²) in [6.45, 7) is 16.5. The minimum Gasteiger partial charge on any atom is -0.458 e. The summed E-state index contributed by atoms with van der Waals surface area (Å²) in [6, 6.07) is -1.02. The van der Waals surface area contributed by atoms with Crippen molar-refractivity contribution < 1.29 is 43.2 Å². The second kappa shape index (κ2) is 18.9. The van der Waals surface area contributed by atoms with Gasteiger partial charge in [0, 0.05) is 49.8 Å². The van der Waals surface area contributed by atoms with Crippen LogP contribution in [0.3, 0.4) is 0 Å². The lowest BCUT2D eigenvalue weighted by molar-refractivity contribution is -0.295. The van der Waals surface area contributed by atoms with Crippen molar-refractivity contribution in [1.29, 1.82) is 0 Å². The Kier molecular flexibility index (Phi) is 14.9. The van der Waals surface area contributed by atoms with Crippen LogP contribution >= 0.6 is 11.3 Å². The first-order chi connectivity index (χ1) is 26.9. The largest absolute Gasteiger partial charge is 0.458 e. The smallest absolute Gasteiger partial charge is 0.410 e. The number of aryl methyl sites for hydroxylation is 1. The van der Waals surface area contributed by atoms with Crippen molar-refractivity contribution >= 4 is 29.2 Å². The molecule has 0 saturated carbocycles. The van der Waals surface area contributed by atoms with Crippen molar-refractivity contribution in [2.75, 3.05) is 34.3 Å². The van der Waals surface area contributed by atoms with Crippen LogP contribution in [-0.2, 0) is 39.8 Å². The zero-order valence-electron chi connectivity index (χ0n) is 35.5. The summed E-state index contributed by atoms with van der Waals surface area (Å²) < 4.78 is 33.2. The van der Waals surface area contributed by atoms with Gasteiger partial charge in [0.15, 0.2) is 17.7 Å². The Bertz CT molecular complexity index is 1650. The van der Waals surface area contributed by atoms with Gasteiger partial charge >= 0.3 is 12.1 Å². The number of aliphatic hydroxyl groups excluding tert-OH is 1.